The van der Waals surface area contributed by atoms with E-state index in [1.54, 1.807) is 19.9 Å². The van der Waals surface area contributed by atoms with Crippen molar-refractivity contribution in [1.29, 1.82) is 0 Å². The van der Waals surface area contributed by atoms with E-state index in [0.717, 1.165) is 31.3 Å². The molecule has 0 saturated heterocycles. The largest absolute Gasteiger partial charge is 0.377 e. The van der Waals surface area contributed by atoms with Gasteiger partial charge in [-0.1, -0.05) is 28.9 Å². The average molecular weight is 358 g/mol. The molecule has 4 nitrogen and oxygen atoms in total. The number of aliphatic hydroxyl groups excluding tert-OH is 1. The van der Waals surface area contributed by atoms with E-state index in [9.17, 15) is 9.67 Å². The summed E-state index contributed by atoms with van der Waals surface area (Å²) >= 11 is 0. The molecule has 1 atom stereocenters. The van der Waals surface area contributed by atoms with Gasteiger partial charge in [0.2, 0.25) is 0 Å². The average Bonchev–Trinajstić information content (AvgIpc) is 2.47. The van der Waals surface area contributed by atoms with E-state index in [1.165, 1.54) is 11.1 Å². The lowest BCUT2D eigenvalue weighted by Crippen LogP contribution is -2.10. The van der Waals surface area contributed by atoms with Crippen molar-refractivity contribution in [3.05, 3.63) is 34.9 Å². The molecular weight excluding hydrogens is 323 g/mol. The van der Waals surface area contributed by atoms with Gasteiger partial charge in [0.15, 0.2) is 5.85 Å². The van der Waals surface area contributed by atoms with Gasteiger partial charge in [0.25, 0.3) is 0 Å². The van der Waals surface area contributed by atoms with Crippen molar-refractivity contribution >= 4 is 7.60 Å². The van der Waals surface area contributed by atoms with Crippen LogP contribution in [0.1, 0.15) is 67.2 Å². The molecular formula is C19H35O4P. The Bertz CT molecular complexity index is 478. The Morgan fingerprint density at radius 3 is 1.96 bits per heavy atom. The summed E-state index contributed by atoms with van der Waals surface area (Å²) in [5, 5.41) is 10.2. The smallest absolute Gasteiger partial charge is 0.362 e. The summed E-state index contributed by atoms with van der Waals surface area (Å²) in [4.78, 5) is 0. The van der Waals surface area contributed by atoms with Crippen molar-refractivity contribution in [2.75, 3.05) is 13.2 Å². The summed E-state index contributed by atoms with van der Waals surface area (Å²) in [5.41, 5.74) is 3.70. The standard InChI is InChI=1S/C19H35O4P/c1-7-22-24(21,23-8-2)19(20)15-18(6)14-10-13-17(5)12-9-11-16(3)4/h11,13,15,19-20H,7-10,12,14H2,1-6H3/b17-13+,18-15+. The number of rotatable bonds is 12. The van der Waals surface area contributed by atoms with Gasteiger partial charge in [-0.2, -0.15) is 0 Å². The minimum atomic E-state index is -3.48. The van der Waals surface area contributed by atoms with Crippen LogP contribution in [0.15, 0.2) is 34.9 Å². The predicted octanol–water partition coefficient (Wildman–Crippen LogP) is 5.99. The number of hydrogen-bond acceptors (Lipinski definition) is 4. The second-order valence-corrected chi connectivity index (χ2v) is 8.34. The van der Waals surface area contributed by atoms with Gasteiger partial charge in [0, 0.05) is 0 Å². The first-order valence-corrected chi connectivity index (χ1v) is 10.4. The van der Waals surface area contributed by atoms with Gasteiger partial charge in [-0.3, -0.25) is 4.57 Å². The Morgan fingerprint density at radius 2 is 1.46 bits per heavy atom. The van der Waals surface area contributed by atoms with Crippen molar-refractivity contribution in [2.24, 2.45) is 0 Å². The molecule has 0 spiro atoms. The highest BCUT2D eigenvalue weighted by molar-refractivity contribution is 7.54. The number of hydrogen-bond donors (Lipinski definition) is 1. The summed E-state index contributed by atoms with van der Waals surface area (Å²) in [6.07, 6.45) is 9.94. The van der Waals surface area contributed by atoms with E-state index in [4.69, 9.17) is 9.05 Å². The lowest BCUT2D eigenvalue weighted by molar-refractivity contribution is 0.168. The zero-order valence-electron chi connectivity index (χ0n) is 16.2. The second-order valence-electron chi connectivity index (χ2n) is 6.21. The third-order valence-corrected chi connectivity index (χ3v) is 5.53. The topological polar surface area (TPSA) is 55.8 Å². The second kappa shape index (κ2) is 12.7. The van der Waals surface area contributed by atoms with E-state index in [2.05, 4.69) is 32.9 Å². The molecule has 5 heteroatoms. The lowest BCUT2D eigenvalue weighted by Gasteiger charge is -2.20. The van der Waals surface area contributed by atoms with Crippen LogP contribution < -0.4 is 0 Å². The van der Waals surface area contributed by atoms with Crippen LogP contribution in [0, 0.1) is 0 Å². The van der Waals surface area contributed by atoms with Crippen molar-refractivity contribution < 1.29 is 18.7 Å². The fraction of sp³-hybridized carbons (Fsp3) is 0.684. The third-order valence-electron chi connectivity index (χ3n) is 3.50. The highest BCUT2D eigenvalue weighted by Crippen LogP contribution is 2.52. The first-order chi connectivity index (χ1) is 11.2. The molecule has 0 bridgehead atoms. The molecule has 0 saturated carbocycles. The maximum Gasteiger partial charge on any atom is 0.362 e. The molecule has 0 aliphatic rings. The van der Waals surface area contributed by atoms with E-state index in [1.807, 2.05) is 6.92 Å². The Morgan fingerprint density at radius 1 is 0.958 bits per heavy atom. The monoisotopic (exact) mass is 358 g/mol. The Hall–Kier alpha value is -0.670. The third kappa shape index (κ3) is 10.2. The van der Waals surface area contributed by atoms with Crippen LogP contribution in [0.25, 0.3) is 0 Å². The molecule has 24 heavy (non-hydrogen) atoms. The Kier molecular flexibility index (Phi) is 12.3. The zero-order chi connectivity index (χ0) is 18.6. The van der Waals surface area contributed by atoms with Crippen LogP contribution in [0.2, 0.25) is 0 Å². The molecule has 0 radical (unpaired) electrons. The lowest BCUT2D eigenvalue weighted by atomic mass is 10.1. The molecule has 1 N–H and O–H groups in total. The molecule has 140 valence electrons. The SMILES string of the molecule is CCOP(=O)(OCC)C(O)/C=C(\C)CC/C=C(\C)CCC=C(C)C. The quantitative estimate of drug-likeness (QED) is 0.344. The van der Waals surface area contributed by atoms with Gasteiger partial charge in [-0.15, -0.1) is 0 Å². The highest BCUT2D eigenvalue weighted by atomic mass is 31.2. The predicted molar refractivity (Wildman–Crippen MR) is 102 cm³/mol. The van der Waals surface area contributed by atoms with Crippen LogP contribution in [-0.4, -0.2) is 24.2 Å². The number of allylic oxidation sites excluding steroid dienone is 5. The fourth-order valence-electron chi connectivity index (χ4n) is 2.22. The van der Waals surface area contributed by atoms with Crippen molar-refractivity contribution in [1.82, 2.24) is 0 Å². The Labute approximate surface area is 148 Å². The summed E-state index contributed by atoms with van der Waals surface area (Å²) < 4.78 is 22.8. The summed E-state index contributed by atoms with van der Waals surface area (Å²) in [5.74, 6) is -1.21. The van der Waals surface area contributed by atoms with Crippen LogP contribution in [0.5, 0.6) is 0 Å². The van der Waals surface area contributed by atoms with E-state index < -0.39 is 13.4 Å². The van der Waals surface area contributed by atoms with Gasteiger partial charge >= 0.3 is 7.60 Å². The van der Waals surface area contributed by atoms with Gasteiger partial charge in [0.1, 0.15) is 0 Å². The maximum absolute atomic E-state index is 12.4. The van der Waals surface area contributed by atoms with Gasteiger partial charge in [0.05, 0.1) is 13.2 Å². The minimum absolute atomic E-state index is 0.245. The van der Waals surface area contributed by atoms with Gasteiger partial charge in [-0.05, 0) is 73.3 Å². The first kappa shape index (κ1) is 23.3. The maximum atomic E-state index is 12.4. The van der Waals surface area contributed by atoms with Crippen LogP contribution in [-0.2, 0) is 13.6 Å². The molecule has 1 unspecified atom stereocenters. The van der Waals surface area contributed by atoms with Crippen LogP contribution >= 0.6 is 7.60 Å². The molecule has 0 rings (SSSR count). The molecule has 0 aromatic rings. The normalized spacial score (nSPS) is 14.6. The zero-order valence-corrected chi connectivity index (χ0v) is 17.1. The van der Waals surface area contributed by atoms with Gasteiger partial charge < -0.3 is 14.2 Å². The molecule has 0 amide bonds. The summed E-state index contributed by atoms with van der Waals surface area (Å²) in [6, 6.07) is 0. The molecule has 0 aromatic carbocycles. The molecule has 0 aliphatic heterocycles. The molecule has 0 aliphatic carbocycles. The first-order valence-electron chi connectivity index (χ1n) is 8.78. The fourth-order valence-corrected chi connectivity index (χ4v) is 3.75. The van der Waals surface area contributed by atoms with E-state index >= 15 is 0 Å². The minimum Gasteiger partial charge on any atom is -0.377 e. The van der Waals surface area contributed by atoms with Crippen molar-refractivity contribution in [3.8, 4) is 0 Å². The summed E-state index contributed by atoms with van der Waals surface area (Å²) in [7, 11) is -3.48. The molecule has 0 aromatic heterocycles. The van der Waals surface area contributed by atoms with Crippen molar-refractivity contribution in [3.63, 3.8) is 0 Å². The highest BCUT2D eigenvalue weighted by Gasteiger charge is 2.32. The number of aliphatic hydroxyl groups is 1. The Balaban J connectivity index is 4.53. The summed E-state index contributed by atoms with van der Waals surface area (Å²) in [6.45, 7) is 12.3. The van der Waals surface area contributed by atoms with Crippen LogP contribution in [0.3, 0.4) is 0 Å². The molecule has 0 heterocycles. The van der Waals surface area contributed by atoms with E-state index in [0.29, 0.717) is 0 Å². The van der Waals surface area contributed by atoms with E-state index in [-0.39, 0.29) is 13.2 Å². The van der Waals surface area contributed by atoms with Crippen molar-refractivity contribution in [2.45, 2.75) is 73.1 Å². The van der Waals surface area contributed by atoms with Gasteiger partial charge in [-0.25, -0.2) is 0 Å². The molecule has 0 fully saturated rings. The van der Waals surface area contributed by atoms with Crippen LogP contribution in [0.4, 0.5) is 0 Å².